The molecule has 3 N–H and O–H groups in total. The van der Waals surface area contributed by atoms with E-state index in [9.17, 15) is 4.79 Å². The Labute approximate surface area is 100 Å². The number of nitrogens with two attached hydrogens (primary N) is 1. The lowest BCUT2D eigenvalue weighted by Crippen LogP contribution is -2.47. The molecule has 0 aliphatic carbocycles. The summed E-state index contributed by atoms with van der Waals surface area (Å²) >= 11 is 0. The van der Waals surface area contributed by atoms with Gasteiger partial charge in [0.05, 0.1) is 11.9 Å². The van der Waals surface area contributed by atoms with Gasteiger partial charge in [-0.25, -0.2) is 4.98 Å². The molecular weight excluding hydrogens is 216 g/mol. The van der Waals surface area contributed by atoms with Crippen LogP contribution in [0.3, 0.4) is 0 Å². The van der Waals surface area contributed by atoms with Crippen molar-refractivity contribution in [2.45, 2.75) is 24.8 Å². The van der Waals surface area contributed by atoms with Crippen molar-refractivity contribution in [2.75, 3.05) is 23.7 Å². The van der Waals surface area contributed by atoms with Crippen molar-refractivity contribution in [2.24, 2.45) is 0 Å². The molecule has 0 bridgehead atoms. The van der Waals surface area contributed by atoms with Crippen molar-refractivity contribution < 1.29 is 4.79 Å². The molecule has 5 heteroatoms. The first-order valence-electron chi connectivity index (χ1n) is 6.00. The molecule has 1 spiro atoms. The molecule has 3 heterocycles. The van der Waals surface area contributed by atoms with Crippen LogP contribution in [0.5, 0.6) is 0 Å². The highest BCUT2D eigenvalue weighted by molar-refractivity contribution is 6.02. The van der Waals surface area contributed by atoms with Gasteiger partial charge in [0.2, 0.25) is 5.91 Å². The van der Waals surface area contributed by atoms with Gasteiger partial charge in [-0.15, -0.1) is 0 Å². The van der Waals surface area contributed by atoms with Crippen molar-refractivity contribution in [1.29, 1.82) is 0 Å². The van der Waals surface area contributed by atoms with E-state index in [4.69, 9.17) is 5.73 Å². The fourth-order valence-electron chi connectivity index (χ4n) is 2.78. The smallest absolute Gasteiger partial charge is 0.247 e. The topological polar surface area (TPSA) is 71.2 Å². The lowest BCUT2D eigenvalue weighted by atomic mass is 9.96. The van der Waals surface area contributed by atoms with Crippen LogP contribution in [0, 0.1) is 0 Å². The molecule has 2 fully saturated rings. The van der Waals surface area contributed by atoms with Crippen molar-refractivity contribution in [3.05, 3.63) is 18.3 Å². The van der Waals surface area contributed by atoms with Crippen LogP contribution in [0.1, 0.15) is 19.3 Å². The summed E-state index contributed by atoms with van der Waals surface area (Å²) in [6.45, 7) is 1.71. The van der Waals surface area contributed by atoms with Crippen LogP contribution in [-0.2, 0) is 4.79 Å². The number of aromatic nitrogens is 1. The number of hydrogen-bond donors (Lipinski definition) is 2. The molecular formula is C12H16N4O. The second-order valence-corrected chi connectivity index (χ2v) is 4.76. The molecule has 2 saturated heterocycles. The Kier molecular flexibility index (Phi) is 2.29. The van der Waals surface area contributed by atoms with Gasteiger partial charge >= 0.3 is 0 Å². The predicted octanol–water partition coefficient (Wildman–Crippen LogP) is 0.523. The number of carbonyl (C=O) groups is 1. The van der Waals surface area contributed by atoms with Crippen LogP contribution in [0.15, 0.2) is 18.3 Å². The molecule has 1 aromatic rings. The van der Waals surface area contributed by atoms with Crippen molar-refractivity contribution in [3.63, 3.8) is 0 Å². The molecule has 17 heavy (non-hydrogen) atoms. The SMILES string of the molecule is Nc1ccc(N2CCC3(CCCN3)C2=O)cn1. The van der Waals surface area contributed by atoms with E-state index in [0.717, 1.165) is 38.0 Å². The van der Waals surface area contributed by atoms with Gasteiger partial charge in [-0.3, -0.25) is 4.79 Å². The quantitative estimate of drug-likeness (QED) is 0.740. The number of pyridine rings is 1. The Morgan fingerprint density at radius 3 is 2.94 bits per heavy atom. The predicted molar refractivity (Wildman–Crippen MR) is 65.6 cm³/mol. The van der Waals surface area contributed by atoms with Gasteiger partial charge < -0.3 is 16.0 Å². The van der Waals surface area contributed by atoms with Gasteiger partial charge in [0.15, 0.2) is 0 Å². The third-order valence-corrected chi connectivity index (χ3v) is 3.74. The number of hydrogen-bond acceptors (Lipinski definition) is 4. The summed E-state index contributed by atoms with van der Waals surface area (Å²) in [7, 11) is 0. The maximum Gasteiger partial charge on any atom is 0.247 e. The molecule has 0 radical (unpaired) electrons. The van der Waals surface area contributed by atoms with E-state index < -0.39 is 0 Å². The molecule has 1 atom stereocenters. The highest BCUT2D eigenvalue weighted by Crippen LogP contribution is 2.33. The van der Waals surface area contributed by atoms with Gasteiger partial charge in [0.25, 0.3) is 0 Å². The van der Waals surface area contributed by atoms with E-state index in [0.29, 0.717) is 5.82 Å². The Bertz CT molecular complexity index is 436. The fourth-order valence-corrected chi connectivity index (χ4v) is 2.78. The molecule has 1 unspecified atom stereocenters. The second-order valence-electron chi connectivity index (χ2n) is 4.76. The van der Waals surface area contributed by atoms with Crippen LogP contribution in [0.2, 0.25) is 0 Å². The van der Waals surface area contributed by atoms with Gasteiger partial charge in [-0.05, 0) is 37.9 Å². The van der Waals surface area contributed by atoms with Gasteiger partial charge in [-0.1, -0.05) is 0 Å². The molecule has 5 nitrogen and oxygen atoms in total. The third kappa shape index (κ3) is 1.58. The lowest BCUT2D eigenvalue weighted by Gasteiger charge is -2.22. The van der Waals surface area contributed by atoms with E-state index >= 15 is 0 Å². The molecule has 0 aromatic carbocycles. The number of nitrogen functional groups attached to an aromatic ring is 1. The average molecular weight is 232 g/mol. The second kappa shape index (κ2) is 3.70. The maximum absolute atomic E-state index is 12.4. The van der Waals surface area contributed by atoms with E-state index in [1.54, 1.807) is 12.3 Å². The Morgan fingerprint density at radius 2 is 2.29 bits per heavy atom. The number of anilines is 2. The van der Waals surface area contributed by atoms with Gasteiger partial charge in [-0.2, -0.15) is 0 Å². The Morgan fingerprint density at radius 1 is 1.41 bits per heavy atom. The first kappa shape index (κ1) is 10.5. The zero-order valence-corrected chi connectivity index (χ0v) is 9.65. The minimum Gasteiger partial charge on any atom is -0.384 e. The molecule has 0 saturated carbocycles. The number of carbonyl (C=O) groups excluding carboxylic acids is 1. The molecule has 90 valence electrons. The number of rotatable bonds is 1. The maximum atomic E-state index is 12.4. The summed E-state index contributed by atoms with van der Waals surface area (Å²) in [6.07, 6.45) is 4.59. The summed E-state index contributed by atoms with van der Waals surface area (Å²) in [5.41, 5.74) is 6.09. The number of nitrogens with zero attached hydrogens (tertiary/aromatic N) is 2. The van der Waals surface area contributed by atoms with Crippen LogP contribution >= 0.6 is 0 Å². The first-order valence-corrected chi connectivity index (χ1v) is 6.00. The average Bonchev–Trinajstić information content (AvgIpc) is 2.92. The molecule has 1 aromatic heterocycles. The van der Waals surface area contributed by atoms with Gasteiger partial charge in [0.1, 0.15) is 11.4 Å². The minimum atomic E-state index is -0.304. The zero-order chi connectivity index (χ0) is 11.9. The Balaban J connectivity index is 1.86. The molecule has 3 rings (SSSR count). The molecule has 2 aliphatic rings. The van der Waals surface area contributed by atoms with Crippen molar-refractivity contribution >= 4 is 17.4 Å². The Hall–Kier alpha value is -1.62. The molecule has 2 aliphatic heterocycles. The number of nitrogens with one attached hydrogen (secondary N) is 1. The summed E-state index contributed by atoms with van der Waals surface area (Å²) in [4.78, 5) is 18.3. The summed E-state index contributed by atoms with van der Waals surface area (Å²) in [5, 5.41) is 3.36. The van der Waals surface area contributed by atoms with Crippen LogP contribution in [-0.4, -0.2) is 29.5 Å². The summed E-state index contributed by atoms with van der Waals surface area (Å²) in [5.74, 6) is 0.663. The van der Waals surface area contributed by atoms with E-state index in [1.165, 1.54) is 0 Å². The van der Waals surface area contributed by atoms with E-state index in [2.05, 4.69) is 10.3 Å². The first-order chi connectivity index (χ1) is 8.21. The zero-order valence-electron chi connectivity index (χ0n) is 9.65. The standard InChI is InChI=1S/C12H16N4O/c13-10-3-2-9(8-14-10)16-7-5-12(11(16)17)4-1-6-15-12/h2-3,8,15H,1,4-7H2,(H2,13,14). The highest BCUT2D eigenvalue weighted by atomic mass is 16.2. The highest BCUT2D eigenvalue weighted by Gasteiger charge is 2.48. The molecule has 1 amide bonds. The third-order valence-electron chi connectivity index (χ3n) is 3.74. The largest absolute Gasteiger partial charge is 0.384 e. The van der Waals surface area contributed by atoms with E-state index in [1.807, 2.05) is 11.0 Å². The summed E-state index contributed by atoms with van der Waals surface area (Å²) < 4.78 is 0. The van der Waals surface area contributed by atoms with Crippen molar-refractivity contribution in [1.82, 2.24) is 10.3 Å². The minimum absolute atomic E-state index is 0.182. The summed E-state index contributed by atoms with van der Waals surface area (Å²) in [6, 6.07) is 3.59. The normalized spacial score (nSPS) is 28.2. The number of amides is 1. The van der Waals surface area contributed by atoms with Crippen LogP contribution in [0.4, 0.5) is 11.5 Å². The van der Waals surface area contributed by atoms with Crippen molar-refractivity contribution in [3.8, 4) is 0 Å². The lowest BCUT2D eigenvalue weighted by molar-refractivity contribution is -0.122. The van der Waals surface area contributed by atoms with Crippen LogP contribution < -0.4 is 16.0 Å². The fraction of sp³-hybridized carbons (Fsp3) is 0.500. The van der Waals surface area contributed by atoms with Gasteiger partial charge in [0, 0.05) is 6.54 Å². The van der Waals surface area contributed by atoms with Crippen LogP contribution in [0.25, 0.3) is 0 Å². The van der Waals surface area contributed by atoms with E-state index in [-0.39, 0.29) is 11.4 Å². The monoisotopic (exact) mass is 232 g/mol.